The van der Waals surface area contributed by atoms with Gasteiger partial charge in [-0.2, -0.15) is 4.84 Å². The van der Waals surface area contributed by atoms with Gasteiger partial charge in [-0.25, -0.2) is 0 Å². The van der Waals surface area contributed by atoms with E-state index >= 15 is 0 Å². The van der Waals surface area contributed by atoms with Crippen molar-refractivity contribution in [3.05, 3.63) is 11.7 Å². The lowest BCUT2D eigenvalue weighted by Crippen LogP contribution is -2.53. The van der Waals surface area contributed by atoms with E-state index < -0.39 is 26.4 Å². The Labute approximate surface area is 141 Å². The zero-order chi connectivity index (χ0) is 18.1. The van der Waals surface area contributed by atoms with Gasteiger partial charge in [0, 0.05) is 14.1 Å². The molecule has 0 aromatic carbocycles. The normalized spacial score (nSPS) is 22.4. The molecule has 0 amide bonds. The van der Waals surface area contributed by atoms with Crippen LogP contribution in [-0.2, 0) is 9.49 Å². The molecule has 23 heavy (non-hydrogen) atoms. The van der Waals surface area contributed by atoms with Crippen LogP contribution in [-0.4, -0.2) is 61.1 Å². The number of hydroxylamine groups is 2. The monoisotopic (exact) mass is 343 g/mol. The molecule has 0 spiro atoms. The predicted molar refractivity (Wildman–Crippen MR) is 96.3 cm³/mol. The molecule has 0 radical (unpaired) electrons. The third-order valence-corrected chi connectivity index (χ3v) is 6.04. The van der Waals surface area contributed by atoms with Gasteiger partial charge in [0.15, 0.2) is 0 Å². The number of aliphatic hydroxyl groups is 1. The van der Waals surface area contributed by atoms with Gasteiger partial charge in [0.05, 0.1) is 17.4 Å². The van der Waals surface area contributed by atoms with Crippen molar-refractivity contribution in [1.82, 2.24) is 0 Å². The van der Waals surface area contributed by atoms with Crippen molar-refractivity contribution in [1.29, 1.82) is 0 Å². The average molecular weight is 343 g/mol. The minimum atomic E-state index is -1.21. The van der Waals surface area contributed by atoms with Crippen molar-refractivity contribution in [3.63, 3.8) is 0 Å². The molecule has 0 fully saturated rings. The van der Waals surface area contributed by atoms with E-state index in [1.807, 2.05) is 0 Å². The second-order valence-electron chi connectivity index (χ2n) is 8.42. The summed E-state index contributed by atoms with van der Waals surface area (Å²) in [5.74, 6) is 0. The van der Waals surface area contributed by atoms with E-state index in [1.54, 1.807) is 47.0 Å². The first-order chi connectivity index (χ1) is 10.2. The topological polar surface area (TPSA) is 71.3 Å². The van der Waals surface area contributed by atoms with Crippen LogP contribution < -0.4 is 0 Å². The summed E-state index contributed by atoms with van der Waals surface area (Å²) >= 11 is 0. The zero-order valence-electron chi connectivity index (χ0n) is 15.8. The van der Waals surface area contributed by atoms with E-state index in [2.05, 4.69) is 24.7 Å². The smallest absolute Gasteiger partial charge is 0.419 e. The van der Waals surface area contributed by atoms with Crippen molar-refractivity contribution in [2.24, 2.45) is 5.10 Å². The molecule has 0 bridgehead atoms. The van der Waals surface area contributed by atoms with Crippen LogP contribution in [0.1, 0.15) is 27.7 Å². The molecule has 0 saturated heterocycles. The molecular formula is C15H32BN2O4Si+. The molecule has 6 nitrogen and oxygen atoms in total. The summed E-state index contributed by atoms with van der Waals surface area (Å²) in [7, 11) is -0.653. The average Bonchev–Trinajstić information content (AvgIpc) is 2.67. The van der Waals surface area contributed by atoms with Crippen molar-refractivity contribution in [2.45, 2.75) is 64.6 Å². The minimum absolute atomic E-state index is 0.173. The number of rotatable bonds is 8. The third-order valence-electron chi connectivity index (χ3n) is 4.34. The van der Waals surface area contributed by atoms with Crippen molar-refractivity contribution >= 4 is 21.4 Å². The predicted octanol–water partition coefficient (Wildman–Crippen LogP) is 2.17. The van der Waals surface area contributed by atoms with Gasteiger partial charge in [0.2, 0.25) is 5.60 Å². The van der Waals surface area contributed by atoms with Crippen LogP contribution in [0.4, 0.5) is 0 Å². The highest BCUT2D eigenvalue weighted by atomic mass is 28.3. The quantitative estimate of drug-likeness (QED) is 0.523. The second kappa shape index (κ2) is 6.78. The fourth-order valence-corrected chi connectivity index (χ4v) is 2.55. The summed E-state index contributed by atoms with van der Waals surface area (Å²) in [5, 5.41) is 24.9. The molecule has 1 atom stereocenters. The lowest BCUT2D eigenvalue weighted by Gasteiger charge is -2.38. The fourth-order valence-electron chi connectivity index (χ4n) is 1.85. The molecule has 8 heteroatoms. The van der Waals surface area contributed by atoms with Gasteiger partial charge >= 0.3 is 7.12 Å². The molecule has 0 saturated carbocycles. The summed E-state index contributed by atoms with van der Waals surface area (Å²) in [6.07, 6.45) is 3.30. The number of allylic oxidation sites excluding steroid dienone is 1. The molecule has 1 unspecified atom stereocenters. The molecule has 1 rings (SSSR count). The molecular weight excluding hydrogens is 311 g/mol. The van der Waals surface area contributed by atoms with Crippen LogP contribution in [0.25, 0.3) is 0 Å². The van der Waals surface area contributed by atoms with Gasteiger partial charge in [-0.1, -0.05) is 24.7 Å². The van der Waals surface area contributed by atoms with E-state index in [0.29, 0.717) is 12.2 Å². The van der Waals surface area contributed by atoms with Crippen molar-refractivity contribution < 1.29 is 24.4 Å². The fraction of sp³-hybridized carbons (Fsp3) is 0.800. The molecule has 0 aromatic rings. The van der Waals surface area contributed by atoms with E-state index in [0.717, 1.165) is 6.04 Å². The van der Waals surface area contributed by atoms with E-state index in [9.17, 15) is 10.1 Å². The SMILES string of the molecule is CC(C)(O)C(C)(C)OB(O)C1=CC=N[N+]1(C)OCC[Si](C)(C)C. The Morgan fingerprint density at radius 2 is 1.83 bits per heavy atom. The summed E-state index contributed by atoms with van der Waals surface area (Å²) in [6.45, 7) is 14.2. The first-order valence-corrected chi connectivity index (χ1v) is 11.7. The van der Waals surface area contributed by atoms with E-state index in [1.165, 1.54) is 0 Å². The van der Waals surface area contributed by atoms with Crippen LogP contribution in [0.15, 0.2) is 16.8 Å². The lowest BCUT2D eigenvalue weighted by atomic mass is 9.79. The number of hydrogen-bond donors (Lipinski definition) is 2. The summed E-state index contributed by atoms with van der Waals surface area (Å²) in [4.78, 5) is 5.90. The maximum atomic E-state index is 10.5. The molecule has 132 valence electrons. The first kappa shape index (κ1) is 20.5. The maximum Gasteiger partial charge on any atom is 0.557 e. The Morgan fingerprint density at radius 3 is 2.30 bits per heavy atom. The molecule has 0 aliphatic carbocycles. The van der Waals surface area contributed by atoms with Gasteiger partial charge in [-0.3, -0.25) is 0 Å². The Bertz CT molecular complexity index is 483. The summed E-state index contributed by atoms with van der Waals surface area (Å²) in [6, 6.07) is 1.01. The Kier molecular flexibility index (Phi) is 6.05. The van der Waals surface area contributed by atoms with Crippen molar-refractivity contribution in [2.75, 3.05) is 13.7 Å². The molecule has 1 aliphatic rings. The van der Waals surface area contributed by atoms with Gasteiger partial charge in [0.1, 0.15) is 13.7 Å². The van der Waals surface area contributed by atoms with Gasteiger partial charge < -0.3 is 14.8 Å². The van der Waals surface area contributed by atoms with Gasteiger partial charge in [-0.05, 0) is 38.5 Å². The summed E-state index contributed by atoms with van der Waals surface area (Å²) < 4.78 is 5.53. The molecule has 0 aromatic heterocycles. The third kappa shape index (κ3) is 5.51. The standard InChI is InChI=1S/C15H32BN2O4Si/c1-14(2,19)15(3,4)22-16(20)13-9-10-17-18(13,5)21-11-12-23(6,7)8/h9-10,19-20H,11-12H2,1-8H3/q+1. The highest BCUT2D eigenvalue weighted by Gasteiger charge is 2.48. The van der Waals surface area contributed by atoms with E-state index in [-0.39, 0.29) is 4.76 Å². The van der Waals surface area contributed by atoms with E-state index in [4.69, 9.17) is 9.49 Å². The highest BCUT2D eigenvalue weighted by Crippen LogP contribution is 2.30. The van der Waals surface area contributed by atoms with Crippen LogP contribution in [0.2, 0.25) is 25.7 Å². The zero-order valence-corrected chi connectivity index (χ0v) is 16.8. The number of hydrogen-bond acceptors (Lipinski definition) is 5. The first-order valence-electron chi connectivity index (χ1n) is 8.04. The maximum absolute atomic E-state index is 10.5. The molecule has 1 heterocycles. The Balaban J connectivity index is 2.75. The highest BCUT2D eigenvalue weighted by molar-refractivity contribution is 6.76. The minimum Gasteiger partial charge on any atom is -0.419 e. The molecule has 1 aliphatic heterocycles. The lowest BCUT2D eigenvalue weighted by molar-refractivity contribution is -1.06. The summed E-state index contributed by atoms with van der Waals surface area (Å²) in [5.41, 5.74) is -1.53. The largest absolute Gasteiger partial charge is 0.557 e. The Hall–Kier alpha value is -0.508. The van der Waals surface area contributed by atoms with Crippen molar-refractivity contribution in [3.8, 4) is 0 Å². The van der Waals surface area contributed by atoms with Gasteiger partial charge in [-0.15, -0.1) is 0 Å². The Morgan fingerprint density at radius 1 is 1.26 bits per heavy atom. The van der Waals surface area contributed by atoms with Crippen LogP contribution >= 0.6 is 0 Å². The van der Waals surface area contributed by atoms with Crippen LogP contribution in [0, 0.1) is 0 Å². The van der Waals surface area contributed by atoms with Crippen LogP contribution in [0.5, 0.6) is 0 Å². The van der Waals surface area contributed by atoms with Gasteiger partial charge in [0.25, 0.3) is 0 Å². The second-order valence-corrected chi connectivity index (χ2v) is 14.0. The number of nitrogens with zero attached hydrogens (tertiary/aromatic N) is 2. The number of quaternary nitrogens is 1. The van der Waals surface area contributed by atoms with Crippen LogP contribution in [0.3, 0.4) is 0 Å². The molecule has 2 N–H and O–H groups in total.